The molecule has 0 aliphatic heterocycles. The van der Waals surface area contributed by atoms with Crippen molar-refractivity contribution in [1.29, 1.82) is 5.26 Å². The predicted octanol–water partition coefficient (Wildman–Crippen LogP) is 4.79. The summed E-state index contributed by atoms with van der Waals surface area (Å²) in [4.78, 5) is 25.3. The first-order chi connectivity index (χ1) is 18.7. The van der Waals surface area contributed by atoms with Gasteiger partial charge in [-0.1, -0.05) is 18.2 Å². The number of halogens is 3. The summed E-state index contributed by atoms with van der Waals surface area (Å²) in [7, 11) is 0. The molecule has 0 spiro atoms. The zero-order valence-electron chi connectivity index (χ0n) is 19.8. The number of carbonyl (C=O) groups is 1. The highest BCUT2D eigenvalue weighted by Crippen LogP contribution is 2.34. The second kappa shape index (κ2) is 10.1. The quantitative estimate of drug-likeness (QED) is 0.319. The summed E-state index contributed by atoms with van der Waals surface area (Å²) in [5, 5.41) is 16.2. The number of para-hydroxylation sites is 1. The fourth-order valence-electron chi connectivity index (χ4n) is 3.82. The van der Waals surface area contributed by atoms with Crippen molar-refractivity contribution in [1.82, 2.24) is 24.7 Å². The number of amides is 1. The number of hydrogen-bond acceptors (Lipinski definition) is 8. The number of fused-ring (bicyclic) bond motifs is 1. The summed E-state index contributed by atoms with van der Waals surface area (Å²) in [5.41, 5.74) is 5.41. The Morgan fingerprint density at radius 2 is 1.87 bits per heavy atom. The molecule has 0 saturated heterocycles. The summed E-state index contributed by atoms with van der Waals surface area (Å²) in [6, 6.07) is 16.9. The summed E-state index contributed by atoms with van der Waals surface area (Å²) in [6.07, 6.45) is -2.03. The first-order valence-electron chi connectivity index (χ1n) is 11.3. The topological polar surface area (TPSA) is 145 Å². The first kappa shape index (κ1) is 25.2. The van der Waals surface area contributed by atoms with E-state index in [9.17, 15) is 18.0 Å². The monoisotopic (exact) mass is 530 g/mol. The molecule has 3 N–H and O–H groups in total. The van der Waals surface area contributed by atoms with Crippen molar-refractivity contribution in [3.63, 3.8) is 0 Å². The maximum absolute atomic E-state index is 13.3. The van der Waals surface area contributed by atoms with Crippen molar-refractivity contribution in [2.24, 2.45) is 0 Å². The third-order valence-corrected chi connectivity index (χ3v) is 5.56. The molecule has 39 heavy (non-hydrogen) atoms. The fourth-order valence-corrected chi connectivity index (χ4v) is 3.82. The maximum Gasteiger partial charge on any atom is 0.417 e. The highest BCUT2D eigenvalue weighted by molar-refractivity contribution is 5.99. The predicted molar refractivity (Wildman–Crippen MR) is 134 cm³/mol. The van der Waals surface area contributed by atoms with Crippen LogP contribution >= 0.6 is 0 Å². The molecule has 13 heteroatoms. The van der Waals surface area contributed by atoms with E-state index in [-0.39, 0.29) is 17.2 Å². The van der Waals surface area contributed by atoms with E-state index < -0.39 is 29.8 Å². The lowest BCUT2D eigenvalue weighted by atomic mass is 10.1. The molecule has 0 aliphatic rings. The van der Waals surface area contributed by atoms with Crippen LogP contribution in [0.4, 0.5) is 24.7 Å². The Morgan fingerprint density at radius 3 is 2.56 bits per heavy atom. The highest BCUT2D eigenvalue weighted by Gasteiger charge is 2.34. The number of hydrogen-bond donors (Lipinski definition) is 2. The van der Waals surface area contributed by atoms with Crippen LogP contribution in [-0.2, 0) is 17.5 Å². The van der Waals surface area contributed by atoms with Gasteiger partial charge >= 0.3 is 6.18 Å². The number of rotatable bonds is 6. The molecule has 0 atom stereocenters. The van der Waals surface area contributed by atoms with Gasteiger partial charge in [-0.25, -0.2) is 19.6 Å². The van der Waals surface area contributed by atoms with Crippen LogP contribution in [0.2, 0.25) is 0 Å². The van der Waals surface area contributed by atoms with Crippen molar-refractivity contribution in [2.45, 2.75) is 12.7 Å². The molecule has 0 bridgehead atoms. The number of alkyl halides is 3. The van der Waals surface area contributed by atoms with Gasteiger partial charge in [0.2, 0.25) is 11.8 Å². The Kier molecular flexibility index (Phi) is 6.51. The van der Waals surface area contributed by atoms with Gasteiger partial charge in [0.25, 0.3) is 0 Å². The zero-order chi connectivity index (χ0) is 27.6. The Labute approximate surface area is 218 Å². The van der Waals surface area contributed by atoms with Crippen LogP contribution in [0, 0.1) is 11.3 Å². The minimum Gasteiger partial charge on any atom is -0.439 e. The summed E-state index contributed by atoms with van der Waals surface area (Å²) in [6.45, 7) is -0.392. The van der Waals surface area contributed by atoms with Gasteiger partial charge in [0.05, 0.1) is 22.6 Å². The Hall–Kier alpha value is -5.51. The van der Waals surface area contributed by atoms with Crippen LogP contribution in [0.1, 0.15) is 11.1 Å². The second-order valence-corrected chi connectivity index (χ2v) is 8.18. The van der Waals surface area contributed by atoms with E-state index in [2.05, 4.69) is 25.4 Å². The van der Waals surface area contributed by atoms with Crippen LogP contribution in [0.15, 0.2) is 73.2 Å². The maximum atomic E-state index is 13.3. The van der Waals surface area contributed by atoms with E-state index in [1.807, 2.05) is 18.2 Å². The van der Waals surface area contributed by atoms with E-state index in [0.29, 0.717) is 34.3 Å². The molecule has 2 aromatic carbocycles. The number of ether oxygens (including phenoxy) is 1. The van der Waals surface area contributed by atoms with Crippen molar-refractivity contribution >= 4 is 28.4 Å². The lowest BCUT2D eigenvalue weighted by molar-refractivity contribution is -0.137. The third kappa shape index (κ3) is 5.30. The molecule has 0 aliphatic carbocycles. The molecule has 0 saturated carbocycles. The number of nitrogens with two attached hydrogens (primary N) is 1. The number of nitrogens with zero attached hydrogens (tertiary/aromatic N) is 6. The Bertz CT molecular complexity index is 1710. The van der Waals surface area contributed by atoms with Gasteiger partial charge in [-0.3, -0.25) is 4.79 Å². The van der Waals surface area contributed by atoms with E-state index in [4.69, 9.17) is 15.7 Å². The van der Waals surface area contributed by atoms with Crippen LogP contribution < -0.4 is 15.8 Å². The number of nitrogens with one attached hydrogen (secondary N) is 1. The zero-order valence-corrected chi connectivity index (χ0v) is 19.8. The Balaban J connectivity index is 1.41. The SMILES string of the molecule is N#Cc1ccc(NC(=O)Cn2nc(-c3ccc(Oc4ccccc4)nc3)c3c(N)ncnc32)cc1C(F)(F)F. The summed E-state index contributed by atoms with van der Waals surface area (Å²) in [5.74, 6) is 0.401. The first-order valence-corrected chi connectivity index (χ1v) is 11.3. The number of nitrogen functional groups attached to an aromatic ring is 1. The van der Waals surface area contributed by atoms with Crippen molar-refractivity contribution < 1.29 is 22.7 Å². The molecule has 3 aromatic heterocycles. The summed E-state index contributed by atoms with van der Waals surface area (Å²) < 4.78 is 46.9. The molecule has 1 amide bonds. The molecule has 0 unspecified atom stereocenters. The lowest BCUT2D eigenvalue weighted by Crippen LogP contribution is -2.20. The molecular formula is C26H17F3N8O2. The number of pyridine rings is 1. The van der Waals surface area contributed by atoms with E-state index in [1.165, 1.54) is 29.3 Å². The third-order valence-electron chi connectivity index (χ3n) is 5.56. The van der Waals surface area contributed by atoms with Crippen molar-refractivity contribution in [3.8, 4) is 29.0 Å². The van der Waals surface area contributed by atoms with Gasteiger partial charge in [-0.05, 0) is 36.4 Å². The van der Waals surface area contributed by atoms with Crippen molar-refractivity contribution in [2.75, 3.05) is 11.1 Å². The van der Waals surface area contributed by atoms with Crippen LogP contribution in [-0.4, -0.2) is 30.6 Å². The number of aromatic nitrogens is 5. The van der Waals surface area contributed by atoms with Gasteiger partial charge in [0.15, 0.2) is 5.65 Å². The van der Waals surface area contributed by atoms with Gasteiger partial charge in [0.1, 0.15) is 30.1 Å². The van der Waals surface area contributed by atoms with Gasteiger partial charge in [-0.15, -0.1) is 0 Å². The minimum atomic E-state index is -4.76. The van der Waals surface area contributed by atoms with E-state index >= 15 is 0 Å². The van der Waals surface area contributed by atoms with Crippen molar-refractivity contribution in [3.05, 3.63) is 84.3 Å². The molecule has 5 aromatic rings. The highest BCUT2D eigenvalue weighted by atomic mass is 19.4. The average molecular weight is 530 g/mol. The molecule has 10 nitrogen and oxygen atoms in total. The van der Waals surface area contributed by atoms with Gasteiger partial charge in [-0.2, -0.15) is 23.5 Å². The molecule has 0 radical (unpaired) electrons. The molecule has 5 rings (SSSR count). The fraction of sp³-hybridized carbons (Fsp3) is 0.0769. The van der Waals surface area contributed by atoms with Crippen LogP contribution in [0.5, 0.6) is 11.6 Å². The smallest absolute Gasteiger partial charge is 0.417 e. The molecular weight excluding hydrogens is 513 g/mol. The Morgan fingerprint density at radius 1 is 1.08 bits per heavy atom. The second-order valence-electron chi connectivity index (χ2n) is 8.18. The molecule has 3 heterocycles. The molecule has 194 valence electrons. The minimum absolute atomic E-state index is 0.119. The number of carbonyl (C=O) groups excluding carboxylic acids is 1. The average Bonchev–Trinajstić information content (AvgIpc) is 3.28. The van der Waals surface area contributed by atoms with Crippen LogP contribution in [0.25, 0.3) is 22.3 Å². The number of nitriles is 1. The van der Waals surface area contributed by atoms with Crippen LogP contribution in [0.3, 0.4) is 0 Å². The number of anilines is 2. The van der Waals surface area contributed by atoms with E-state index in [0.717, 1.165) is 6.07 Å². The largest absolute Gasteiger partial charge is 0.439 e. The summed E-state index contributed by atoms with van der Waals surface area (Å²) >= 11 is 0. The standard InChI is InChI=1S/C26H17F3N8O2/c27-26(28,29)19-10-17(8-6-15(19)11-30)35-20(38)13-37-25-22(24(31)33-14-34-25)23(36-37)16-7-9-21(32-12-16)39-18-4-2-1-3-5-18/h1-10,12,14H,13H2,(H,35,38)(H2,31,33,34). The van der Waals surface area contributed by atoms with E-state index in [1.54, 1.807) is 24.3 Å². The van der Waals surface area contributed by atoms with Gasteiger partial charge < -0.3 is 15.8 Å². The lowest BCUT2D eigenvalue weighted by Gasteiger charge is -2.12. The molecule has 0 fully saturated rings. The number of benzene rings is 2. The normalized spacial score (nSPS) is 11.2. The van der Waals surface area contributed by atoms with Gasteiger partial charge in [0, 0.05) is 23.5 Å².